The van der Waals surface area contributed by atoms with Crippen molar-refractivity contribution in [3.05, 3.63) is 101 Å². The molecular formula is C32H38ClN3O4S. The lowest BCUT2D eigenvalue weighted by Crippen LogP contribution is -2.55. The maximum absolute atomic E-state index is 14.2. The number of hydrogen-bond donors (Lipinski definition) is 1. The van der Waals surface area contributed by atoms with Gasteiger partial charge in [-0.3, -0.25) is 13.9 Å². The Morgan fingerprint density at radius 3 is 2.20 bits per heavy atom. The Kier molecular flexibility index (Phi) is 10.5. The highest BCUT2D eigenvalue weighted by atomic mass is 35.5. The van der Waals surface area contributed by atoms with Crippen LogP contribution in [0, 0.1) is 6.92 Å². The van der Waals surface area contributed by atoms with E-state index in [4.69, 9.17) is 11.6 Å². The number of amides is 2. The van der Waals surface area contributed by atoms with Gasteiger partial charge in [-0.05, 0) is 49.1 Å². The van der Waals surface area contributed by atoms with Crippen LogP contribution in [0.25, 0.3) is 0 Å². The zero-order valence-corrected chi connectivity index (χ0v) is 25.2. The number of anilines is 1. The van der Waals surface area contributed by atoms with Crippen molar-refractivity contribution < 1.29 is 18.0 Å². The topological polar surface area (TPSA) is 86.8 Å². The van der Waals surface area contributed by atoms with E-state index in [0.717, 1.165) is 53.8 Å². The number of carbonyl (C=O) groups is 2. The van der Waals surface area contributed by atoms with Crippen LogP contribution in [-0.4, -0.2) is 50.0 Å². The number of nitrogens with one attached hydrogen (secondary N) is 1. The second-order valence-electron chi connectivity index (χ2n) is 10.8. The van der Waals surface area contributed by atoms with Crippen LogP contribution >= 0.6 is 11.6 Å². The van der Waals surface area contributed by atoms with Gasteiger partial charge in [0.15, 0.2) is 0 Å². The van der Waals surface area contributed by atoms with Gasteiger partial charge in [0.05, 0.1) is 11.9 Å². The molecule has 218 valence electrons. The molecule has 0 spiro atoms. The molecule has 3 aromatic rings. The molecule has 4 rings (SSSR count). The fraction of sp³-hybridized carbons (Fsp3) is 0.375. The van der Waals surface area contributed by atoms with Crippen molar-refractivity contribution in [1.29, 1.82) is 0 Å². The molecule has 0 aromatic heterocycles. The predicted octanol–water partition coefficient (Wildman–Crippen LogP) is 5.50. The Morgan fingerprint density at radius 1 is 0.927 bits per heavy atom. The van der Waals surface area contributed by atoms with E-state index in [9.17, 15) is 18.0 Å². The summed E-state index contributed by atoms with van der Waals surface area (Å²) in [6.45, 7) is 1.51. The van der Waals surface area contributed by atoms with Crippen LogP contribution in [0.5, 0.6) is 0 Å². The van der Waals surface area contributed by atoms with Crippen LogP contribution in [0.3, 0.4) is 0 Å². The highest BCUT2D eigenvalue weighted by molar-refractivity contribution is 7.92. The Hall–Kier alpha value is -3.36. The molecule has 0 radical (unpaired) electrons. The van der Waals surface area contributed by atoms with Crippen molar-refractivity contribution in [2.45, 2.75) is 64.1 Å². The summed E-state index contributed by atoms with van der Waals surface area (Å²) in [6.07, 6.45) is 6.41. The molecule has 2 amide bonds. The van der Waals surface area contributed by atoms with Gasteiger partial charge in [-0.25, -0.2) is 8.42 Å². The first-order valence-electron chi connectivity index (χ1n) is 14.0. The molecule has 9 heteroatoms. The van der Waals surface area contributed by atoms with E-state index in [1.165, 1.54) is 4.90 Å². The van der Waals surface area contributed by atoms with Crippen LogP contribution in [0.1, 0.15) is 48.8 Å². The van der Waals surface area contributed by atoms with Gasteiger partial charge in [0.1, 0.15) is 12.6 Å². The van der Waals surface area contributed by atoms with E-state index in [-0.39, 0.29) is 24.9 Å². The van der Waals surface area contributed by atoms with E-state index in [1.807, 2.05) is 49.4 Å². The third kappa shape index (κ3) is 8.57. The van der Waals surface area contributed by atoms with E-state index >= 15 is 0 Å². The minimum Gasteiger partial charge on any atom is -0.352 e. The van der Waals surface area contributed by atoms with Gasteiger partial charge in [-0.1, -0.05) is 97.1 Å². The first-order valence-corrected chi connectivity index (χ1v) is 16.3. The molecule has 41 heavy (non-hydrogen) atoms. The molecule has 1 aliphatic rings. The minimum absolute atomic E-state index is 0.0480. The van der Waals surface area contributed by atoms with Gasteiger partial charge >= 0.3 is 0 Å². The second-order valence-corrected chi connectivity index (χ2v) is 13.1. The largest absolute Gasteiger partial charge is 0.352 e. The van der Waals surface area contributed by atoms with E-state index in [1.54, 1.807) is 36.4 Å². The summed E-state index contributed by atoms with van der Waals surface area (Å²) < 4.78 is 26.9. The molecule has 0 aliphatic heterocycles. The number of sulfonamides is 1. The standard InChI is InChI=1S/C32H38ClN3O4S/c1-24-17-19-28(20-18-24)36(41(2,39)40)23-31(37)35(22-26-13-9-10-16-29(26)33)30(21-25-11-5-3-6-12-25)32(38)34-27-14-7-4-8-15-27/h3,5-6,9-13,16-20,27,30H,4,7-8,14-15,21-23H2,1-2H3,(H,34,38)/t30-/m1/s1. The van der Waals surface area contributed by atoms with Crippen molar-refractivity contribution in [3.8, 4) is 0 Å². The van der Waals surface area contributed by atoms with Crippen LogP contribution in [0.15, 0.2) is 78.9 Å². The zero-order chi connectivity index (χ0) is 29.4. The van der Waals surface area contributed by atoms with Gasteiger partial charge < -0.3 is 10.2 Å². The summed E-state index contributed by atoms with van der Waals surface area (Å²) in [4.78, 5) is 29.6. The van der Waals surface area contributed by atoms with Gasteiger partial charge in [0.2, 0.25) is 21.8 Å². The fourth-order valence-corrected chi connectivity index (χ4v) is 6.28. The van der Waals surface area contributed by atoms with Crippen molar-refractivity contribution in [2.75, 3.05) is 17.1 Å². The van der Waals surface area contributed by atoms with Gasteiger partial charge in [0.25, 0.3) is 0 Å². The van der Waals surface area contributed by atoms with Gasteiger partial charge in [0, 0.05) is 24.0 Å². The number of halogens is 1. The number of benzene rings is 3. The lowest BCUT2D eigenvalue weighted by molar-refractivity contribution is -0.140. The molecule has 3 aromatic carbocycles. The smallest absolute Gasteiger partial charge is 0.244 e. The van der Waals surface area contributed by atoms with Crippen molar-refractivity contribution in [3.63, 3.8) is 0 Å². The molecule has 0 bridgehead atoms. The summed E-state index contributed by atoms with van der Waals surface area (Å²) in [6, 6.07) is 22.9. The molecule has 0 heterocycles. The summed E-state index contributed by atoms with van der Waals surface area (Å²) in [5, 5.41) is 3.67. The quantitative estimate of drug-likeness (QED) is 0.317. The predicted molar refractivity (Wildman–Crippen MR) is 164 cm³/mol. The Bertz CT molecular complexity index is 1420. The zero-order valence-electron chi connectivity index (χ0n) is 23.6. The maximum atomic E-state index is 14.2. The number of rotatable bonds is 11. The summed E-state index contributed by atoms with van der Waals surface area (Å²) >= 11 is 6.52. The lowest BCUT2D eigenvalue weighted by Gasteiger charge is -2.35. The van der Waals surface area contributed by atoms with Crippen molar-refractivity contribution in [1.82, 2.24) is 10.2 Å². The normalized spacial score (nSPS) is 14.7. The molecule has 0 saturated heterocycles. The average molecular weight is 596 g/mol. The monoisotopic (exact) mass is 595 g/mol. The third-order valence-corrected chi connectivity index (χ3v) is 9.03. The number of carbonyl (C=O) groups excluding carboxylic acids is 2. The van der Waals surface area contributed by atoms with Crippen LogP contribution in [-0.2, 0) is 32.6 Å². The third-order valence-electron chi connectivity index (χ3n) is 7.52. The number of hydrogen-bond acceptors (Lipinski definition) is 4. The maximum Gasteiger partial charge on any atom is 0.244 e. The Balaban J connectivity index is 1.72. The second kappa shape index (κ2) is 14.0. The SMILES string of the molecule is Cc1ccc(N(CC(=O)N(Cc2ccccc2Cl)[C@H](Cc2ccccc2)C(=O)NC2CCCCC2)S(C)(=O)=O)cc1. The van der Waals surface area contributed by atoms with Crippen molar-refractivity contribution in [2.24, 2.45) is 0 Å². The van der Waals surface area contributed by atoms with E-state index in [0.29, 0.717) is 16.3 Å². The molecule has 1 N–H and O–H groups in total. The summed E-state index contributed by atoms with van der Waals surface area (Å²) in [7, 11) is -3.81. The first-order chi connectivity index (χ1) is 19.6. The van der Waals surface area contributed by atoms with E-state index in [2.05, 4.69) is 5.32 Å². The Labute approximate surface area is 248 Å². The minimum atomic E-state index is -3.81. The van der Waals surface area contributed by atoms with Gasteiger partial charge in [-0.15, -0.1) is 0 Å². The molecule has 0 unspecified atom stereocenters. The lowest BCUT2D eigenvalue weighted by atomic mass is 9.94. The van der Waals surface area contributed by atoms with Crippen LogP contribution in [0.2, 0.25) is 5.02 Å². The Morgan fingerprint density at radius 2 is 1.56 bits per heavy atom. The number of nitrogens with zero attached hydrogens (tertiary/aromatic N) is 2. The fourth-order valence-electron chi connectivity index (χ4n) is 5.23. The van der Waals surface area contributed by atoms with Crippen LogP contribution < -0.4 is 9.62 Å². The van der Waals surface area contributed by atoms with Crippen molar-refractivity contribution >= 4 is 39.1 Å². The highest BCUT2D eigenvalue weighted by Gasteiger charge is 2.34. The molecule has 7 nitrogen and oxygen atoms in total. The first kappa shape index (κ1) is 30.6. The summed E-state index contributed by atoms with van der Waals surface area (Å²) in [5.41, 5.74) is 2.92. The molecule has 1 atom stereocenters. The molecule has 1 saturated carbocycles. The van der Waals surface area contributed by atoms with Gasteiger partial charge in [-0.2, -0.15) is 0 Å². The molecule has 1 fully saturated rings. The average Bonchev–Trinajstić information content (AvgIpc) is 2.95. The van der Waals surface area contributed by atoms with Crippen LogP contribution in [0.4, 0.5) is 5.69 Å². The highest BCUT2D eigenvalue weighted by Crippen LogP contribution is 2.24. The number of aryl methyl sites for hydroxylation is 1. The molecule has 1 aliphatic carbocycles. The molecular weight excluding hydrogens is 558 g/mol. The van der Waals surface area contributed by atoms with E-state index < -0.39 is 28.5 Å². The summed E-state index contributed by atoms with van der Waals surface area (Å²) in [5.74, 6) is -0.738.